The zero-order valence-electron chi connectivity index (χ0n) is 16.3. The van der Waals surface area contributed by atoms with Gasteiger partial charge in [0.05, 0.1) is 0 Å². The van der Waals surface area contributed by atoms with Crippen LogP contribution in [0.25, 0.3) is 0 Å². The predicted molar refractivity (Wildman–Crippen MR) is 111 cm³/mol. The van der Waals surface area contributed by atoms with Gasteiger partial charge in [-0.3, -0.25) is 0 Å². The molecule has 0 radical (unpaired) electrons. The fraction of sp³-hybridized carbons (Fsp3) is 0.524. The van der Waals surface area contributed by atoms with E-state index in [1.54, 1.807) is 0 Å². The zero-order valence-corrected chi connectivity index (χ0v) is 16.3. The van der Waals surface area contributed by atoms with Gasteiger partial charge in [-0.25, -0.2) is 4.98 Å². The molecule has 1 saturated heterocycles. The molecule has 1 aromatic heterocycles. The van der Waals surface area contributed by atoms with Crippen molar-refractivity contribution < 1.29 is 0 Å². The highest BCUT2D eigenvalue weighted by Crippen LogP contribution is 2.24. The maximum Gasteiger partial charge on any atom is 0.227 e. The summed E-state index contributed by atoms with van der Waals surface area (Å²) >= 11 is 0. The average molecular weight is 354 g/mol. The lowest BCUT2D eigenvalue weighted by Crippen LogP contribution is -2.27. The van der Waals surface area contributed by atoms with E-state index in [0.717, 1.165) is 49.1 Å². The quantitative estimate of drug-likeness (QED) is 0.741. The average Bonchev–Trinajstić information content (AvgIpc) is 3.16. The number of aryl methyl sites for hydroxylation is 1. The molecule has 5 heteroatoms. The highest BCUT2D eigenvalue weighted by atomic mass is 15.3. The monoisotopic (exact) mass is 353 g/mol. The fourth-order valence-electron chi connectivity index (χ4n) is 3.49. The number of hydrogen-bond acceptors (Lipinski definition) is 5. The molecule has 0 aliphatic carbocycles. The van der Waals surface area contributed by atoms with Crippen LogP contribution in [-0.2, 0) is 0 Å². The second kappa shape index (κ2) is 8.88. The van der Waals surface area contributed by atoms with Gasteiger partial charge in [0.1, 0.15) is 5.82 Å². The summed E-state index contributed by atoms with van der Waals surface area (Å²) in [7, 11) is 0. The molecule has 1 fully saturated rings. The molecular weight excluding hydrogens is 322 g/mol. The summed E-state index contributed by atoms with van der Waals surface area (Å²) in [4.78, 5) is 14.1. The Morgan fingerprint density at radius 2 is 1.65 bits per heavy atom. The summed E-state index contributed by atoms with van der Waals surface area (Å²) in [5.41, 5.74) is 3.36. The molecule has 0 atom stereocenters. The summed E-state index contributed by atoms with van der Waals surface area (Å²) < 4.78 is 0. The standard InChI is InChI=1S/C21H31N5/c1-4-12-26(13-5-2)21-22-17(3)16-20(24-21)23-18-8-10-19(11-9-18)25-14-6-7-15-25/h8-11,16H,4-7,12-15H2,1-3H3,(H,22,23,24). The molecule has 2 aromatic rings. The Balaban J connectivity index is 1.74. The molecule has 0 spiro atoms. The lowest BCUT2D eigenvalue weighted by molar-refractivity contribution is 0.720. The Hall–Kier alpha value is -2.30. The third kappa shape index (κ3) is 4.65. The van der Waals surface area contributed by atoms with E-state index >= 15 is 0 Å². The molecule has 140 valence electrons. The van der Waals surface area contributed by atoms with E-state index in [2.05, 4.69) is 58.2 Å². The Kier molecular flexibility index (Phi) is 6.31. The van der Waals surface area contributed by atoms with Crippen molar-refractivity contribution >= 4 is 23.1 Å². The van der Waals surface area contributed by atoms with Gasteiger partial charge in [0.25, 0.3) is 0 Å². The van der Waals surface area contributed by atoms with Crippen molar-refractivity contribution in [2.24, 2.45) is 0 Å². The fourth-order valence-corrected chi connectivity index (χ4v) is 3.49. The maximum atomic E-state index is 4.76. The van der Waals surface area contributed by atoms with Gasteiger partial charge in [0.2, 0.25) is 5.95 Å². The Morgan fingerprint density at radius 1 is 1.00 bits per heavy atom. The Labute approximate surface area is 157 Å². The van der Waals surface area contributed by atoms with E-state index in [1.165, 1.54) is 31.6 Å². The summed E-state index contributed by atoms with van der Waals surface area (Å²) in [5, 5.41) is 3.45. The Morgan fingerprint density at radius 3 is 2.27 bits per heavy atom. The first kappa shape index (κ1) is 18.5. The molecule has 1 aliphatic rings. The van der Waals surface area contributed by atoms with Crippen LogP contribution in [0, 0.1) is 6.92 Å². The van der Waals surface area contributed by atoms with E-state index < -0.39 is 0 Å². The minimum atomic E-state index is 0.824. The zero-order chi connectivity index (χ0) is 18.4. The number of hydrogen-bond donors (Lipinski definition) is 1. The van der Waals surface area contributed by atoms with E-state index in [9.17, 15) is 0 Å². The number of nitrogens with one attached hydrogen (secondary N) is 1. The van der Waals surface area contributed by atoms with Gasteiger partial charge in [-0.1, -0.05) is 13.8 Å². The van der Waals surface area contributed by atoms with Gasteiger partial charge < -0.3 is 15.1 Å². The van der Waals surface area contributed by atoms with E-state index in [4.69, 9.17) is 4.98 Å². The molecule has 0 amide bonds. The predicted octanol–water partition coefficient (Wildman–Crippen LogP) is 4.76. The minimum absolute atomic E-state index is 0.824. The molecule has 3 rings (SSSR count). The van der Waals surface area contributed by atoms with Crippen LogP contribution in [-0.4, -0.2) is 36.1 Å². The summed E-state index contributed by atoms with van der Waals surface area (Å²) in [6, 6.07) is 10.7. The van der Waals surface area contributed by atoms with E-state index in [0.29, 0.717) is 0 Å². The van der Waals surface area contributed by atoms with Crippen LogP contribution >= 0.6 is 0 Å². The SMILES string of the molecule is CCCN(CCC)c1nc(C)cc(Nc2ccc(N3CCCC3)cc2)n1. The van der Waals surface area contributed by atoms with E-state index in [1.807, 2.05) is 13.0 Å². The molecule has 0 bridgehead atoms. The highest BCUT2D eigenvalue weighted by molar-refractivity contribution is 5.62. The van der Waals surface area contributed by atoms with Gasteiger partial charge in [-0.15, -0.1) is 0 Å². The Bertz CT molecular complexity index is 686. The molecule has 2 heterocycles. The summed E-state index contributed by atoms with van der Waals surface area (Å²) in [6.07, 6.45) is 4.79. The van der Waals surface area contributed by atoms with E-state index in [-0.39, 0.29) is 0 Å². The van der Waals surface area contributed by atoms with Crippen molar-refractivity contribution in [3.63, 3.8) is 0 Å². The van der Waals surface area contributed by atoms with Gasteiger partial charge in [0, 0.05) is 49.3 Å². The highest BCUT2D eigenvalue weighted by Gasteiger charge is 2.13. The normalized spacial score (nSPS) is 13.9. The number of benzene rings is 1. The second-order valence-corrected chi connectivity index (χ2v) is 7.05. The number of anilines is 4. The molecule has 1 N–H and O–H groups in total. The van der Waals surface area contributed by atoms with Crippen molar-refractivity contribution in [2.75, 3.05) is 41.3 Å². The maximum absolute atomic E-state index is 4.76. The number of aromatic nitrogens is 2. The largest absolute Gasteiger partial charge is 0.372 e. The lowest BCUT2D eigenvalue weighted by Gasteiger charge is -2.22. The number of nitrogens with zero attached hydrogens (tertiary/aromatic N) is 4. The lowest BCUT2D eigenvalue weighted by atomic mass is 10.2. The van der Waals surface area contributed by atoms with Gasteiger partial charge >= 0.3 is 0 Å². The summed E-state index contributed by atoms with van der Waals surface area (Å²) in [6.45, 7) is 10.7. The van der Waals surface area contributed by atoms with Crippen molar-refractivity contribution in [3.05, 3.63) is 36.0 Å². The molecule has 5 nitrogen and oxygen atoms in total. The van der Waals surface area contributed by atoms with Crippen LogP contribution in [0.3, 0.4) is 0 Å². The van der Waals surface area contributed by atoms with Crippen LogP contribution in [0.15, 0.2) is 30.3 Å². The first-order valence-corrected chi connectivity index (χ1v) is 9.92. The van der Waals surface area contributed by atoms with Gasteiger partial charge in [-0.05, 0) is 56.9 Å². The van der Waals surface area contributed by atoms with Crippen LogP contribution in [0.1, 0.15) is 45.2 Å². The van der Waals surface area contributed by atoms with Crippen molar-refractivity contribution in [3.8, 4) is 0 Å². The molecule has 0 saturated carbocycles. The smallest absolute Gasteiger partial charge is 0.227 e. The van der Waals surface area contributed by atoms with Crippen molar-refractivity contribution in [2.45, 2.75) is 46.5 Å². The van der Waals surface area contributed by atoms with Gasteiger partial charge in [-0.2, -0.15) is 4.98 Å². The molecule has 26 heavy (non-hydrogen) atoms. The third-order valence-corrected chi connectivity index (χ3v) is 4.72. The first-order valence-electron chi connectivity index (χ1n) is 9.92. The molecular formula is C21H31N5. The van der Waals surface area contributed by atoms with Crippen molar-refractivity contribution in [1.82, 2.24) is 9.97 Å². The van der Waals surface area contributed by atoms with Crippen LogP contribution < -0.4 is 15.1 Å². The first-order chi connectivity index (χ1) is 12.7. The third-order valence-electron chi connectivity index (χ3n) is 4.72. The molecule has 1 aromatic carbocycles. The van der Waals surface area contributed by atoms with Crippen LogP contribution in [0.4, 0.5) is 23.1 Å². The second-order valence-electron chi connectivity index (χ2n) is 7.05. The van der Waals surface area contributed by atoms with Crippen LogP contribution in [0.5, 0.6) is 0 Å². The van der Waals surface area contributed by atoms with Crippen molar-refractivity contribution in [1.29, 1.82) is 0 Å². The minimum Gasteiger partial charge on any atom is -0.372 e. The van der Waals surface area contributed by atoms with Crippen LogP contribution in [0.2, 0.25) is 0 Å². The topological polar surface area (TPSA) is 44.3 Å². The number of rotatable bonds is 8. The molecule has 0 unspecified atom stereocenters. The molecule has 1 aliphatic heterocycles. The summed E-state index contributed by atoms with van der Waals surface area (Å²) in [5.74, 6) is 1.68. The van der Waals surface area contributed by atoms with Gasteiger partial charge in [0.15, 0.2) is 0 Å².